The number of rotatable bonds is 10. The van der Waals surface area contributed by atoms with Gasteiger partial charge in [0.05, 0.1) is 34.8 Å². The fourth-order valence-electron chi connectivity index (χ4n) is 6.76. The first kappa shape index (κ1) is 29.9. The van der Waals surface area contributed by atoms with Crippen molar-refractivity contribution in [3.05, 3.63) is 97.0 Å². The van der Waals surface area contributed by atoms with Gasteiger partial charge in [0.25, 0.3) is 0 Å². The molecule has 1 saturated carbocycles. The molecule has 0 bridgehead atoms. The summed E-state index contributed by atoms with van der Waals surface area (Å²) in [6.07, 6.45) is 15.4. The van der Waals surface area contributed by atoms with Crippen LogP contribution >= 0.6 is 0 Å². The number of aromatic amines is 2. The molecule has 1 aliphatic rings. The molecule has 0 radical (unpaired) electrons. The topological polar surface area (TPSA) is 85.5 Å². The van der Waals surface area contributed by atoms with Crippen molar-refractivity contribution >= 4 is 27.5 Å². The molecule has 46 heavy (non-hydrogen) atoms. The number of nitrogens with zero attached hydrogens (tertiary/aromatic N) is 4. The summed E-state index contributed by atoms with van der Waals surface area (Å²) in [6, 6.07) is 15.8. The van der Waals surface area contributed by atoms with E-state index < -0.39 is 0 Å². The second kappa shape index (κ2) is 12.9. The van der Waals surface area contributed by atoms with Crippen LogP contribution in [0.5, 0.6) is 0 Å². The minimum Gasteiger partial charge on any atom is -0.358 e. The molecule has 2 aromatic carbocycles. The maximum atomic E-state index is 14.8. The summed E-state index contributed by atoms with van der Waals surface area (Å²) in [4.78, 5) is 14.7. The second-order valence-corrected chi connectivity index (χ2v) is 12.9. The molecule has 6 aromatic rings. The molecule has 0 spiro atoms. The molecule has 0 aliphatic heterocycles. The van der Waals surface area contributed by atoms with Crippen molar-refractivity contribution in [2.45, 2.75) is 44.9 Å². The average Bonchev–Trinajstić information content (AvgIpc) is 3.69. The van der Waals surface area contributed by atoms with Gasteiger partial charge in [-0.15, -0.1) is 0 Å². The number of aromatic nitrogens is 5. The molecular formula is C38H40FN7. The molecule has 7 nitrogen and oxygen atoms in total. The lowest BCUT2D eigenvalue weighted by Crippen LogP contribution is -2.14. The summed E-state index contributed by atoms with van der Waals surface area (Å²) < 4.78 is 14.8. The Kier molecular flexibility index (Phi) is 8.37. The number of hydrogen-bond acceptors (Lipinski definition) is 5. The van der Waals surface area contributed by atoms with Crippen LogP contribution in [0.1, 0.15) is 44.1 Å². The van der Waals surface area contributed by atoms with Crippen molar-refractivity contribution in [2.24, 2.45) is 5.92 Å². The van der Waals surface area contributed by atoms with Gasteiger partial charge in [0.2, 0.25) is 0 Å². The third-order valence-corrected chi connectivity index (χ3v) is 9.18. The van der Waals surface area contributed by atoms with E-state index in [2.05, 4.69) is 87.3 Å². The van der Waals surface area contributed by atoms with Crippen molar-refractivity contribution < 1.29 is 4.39 Å². The maximum Gasteiger partial charge on any atom is 0.124 e. The normalized spacial score (nSPS) is 14.0. The van der Waals surface area contributed by atoms with E-state index in [-0.39, 0.29) is 5.82 Å². The number of halogens is 1. The average molecular weight is 614 g/mol. The summed E-state index contributed by atoms with van der Waals surface area (Å²) in [6.45, 7) is 5.30. The highest BCUT2D eigenvalue weighted by Crippen LogP contribution is 2.36. The lowest BCUT2D eigenvalue weighted by molar-refractivity contribution is 0.400. The number of pyridine rings is 2. The number of nitrogens with one attached hydrogen (secondary N) is 3. The van der Waals surface area contributed by atoms with Gasteiger partial charge < -0.3 is 15.2 Å². The number of hydrogen-bond donors (Lipinski definition) is 3. The zero-order valence-electron chi connectivity index (χ0n) is 26.5. The first-order chi connectivity index (χ1) is 22.4. The van der Waals surface area contributed by atoms with E-state index in [9.17, 15) is 4.39 Å². The monoisotopic (exact) mass is 613 g/mol. The van der Waals surface area contributed by atoms with E-state index in [1.807, 2.05) is 24.8 Å². The van der Waals surface area contributed by atoms with Gasteiger partial charge >= 0.3 is 0 Å². The number of H-pyrrole nitrogens is 2. The highest BCUT2D eigenvalue weighted by atomic mass is 19.1. The van der Waals surface area contributed by atoms with Crippen LogP contribution in [0.4, 0.5) is 10.1 Å². The smallest absolute Gasteiger partial charge is 0.124 e. The molecule has 1 aliphatic carbocycles. The summed E-state index contributed by atoms with van der Waals surface area (Å²) in [7, 11) is 4.11. The molecular weight excluding hydrogens is 573 g/mol. The quantitative estimate of drug-likeness (QED) is 0.144. The molecule has 234 valence electrons. The van der Waals surface area contributed by atoms with Crippen molar-refractivity contribution in [1.82, 2.24) is 30.0 Å². The van der Waals surface area contributed by atoms with Crippen molar-refractivity contribution in [1.29, 1.82) is 0 Å². The Bertz CT molecular complexity index is 2010. The Hall–Kier alpha value is -4.82. The van der Waals surface area contributed by atoms with Crippen molar-refractivity contribution in [2.75, 3.05) is 26.0 Å². The lowest BCUT2D eigenvalue weighted by Gasteiger charge is -2.24. The zero-order chi connectivity index (χ0) is 31.6. The Morgan fingerprint density at radius 3 is 2.59 bits per heavy atom. The molecule has 7 rings (SSSR count). The number of anilines is 1. The number of aryl methyl sites for hydroxylation is 1. The Morgan fingerprint density at radius 2 is 1.74 bits per heavy atom. The second-order valence-electron chi connectivity index (χ2n) is 12.9. The van der Waals surface area contributed by atoms with Crippen LogP contribution in [-0.2, 0) is 6.42 Å². The van der Waals surface area contributed by atoms with E-state index in [1.54, 1.807) is 12.1 Å². The van der Waals surface area contributed by atoms with Crippen LogP contribution in [0, 0.1) is 11.7 Å². The van der Waals surface area contributed by atoms with Crippen molar-refractivity contribution in [3.8, 4) is 33.6 Å². The first-order valence-electron chi connectivity index (χ1n) is 16.2. The summed E-state index contributed by atoms with van der Waals surface area (Å²) in [5.41, 5.74) is 10.3. The lowest BCUT2D eigenvalue weighted by atomic mass is 9.87. The molecule has 3 N–H and O–H groups in total. The third kappa shape index (κ3) is 6.30. The number of allylic oxidation sites excluding steroid dienone is 1. The van der Waals surface area contributed by atoms with Gasteiger partial charge in [0.1, 0.15) is 11.5 Å². The number of benzene rings is 2. The SMILES string of the molecule is C=C(Nc1cncc(-c2ccc3[nH]nc(-c4cc5c(-c6cc(F)cc(CCCN(C)C)c6)cncc5[nH]4)c3c2)c1)C1CCCCC1. The van der Waals surface area contributed by atoms with E-state index in [4.69, 9.17) is 5.10 Å². The standard InChI is InChI=1S/C38H40FN7/c1-24(26-9-5-4-6-10-26)42-31-17-29(20-40-21-31)27-11-12-35-33(18-27)38(45-44-35)36-19-32-34(22-41-23-37(32)43-36)28-14-25(15-30(39)16-28)8-7-13-46(2)3/h11-12,14-23,26,42-43H,1,4-10,13H2,2-3H3,(H,44,45). The first-order valence-corrected chi connectivity index (χ1v) is 16.2. The van der Waals surface area contributed by atoms with Crippen LogP contribution < -0.4 is 5.32 Å². The fraction of sp³-hybridized carbons (Fsp3) is 0.289. The van der Waals surface area contributed by atoms with Crippen molar-refractivity contribution in [3.63, 3.8) is 0 Å². The van der Waals surface area contributed by atoms with Gasteiger partial charge in [-0.25, -0.2) is 4.39 Å². The zero-order valence-corrected chi connectivity index (χ0v) is 26.5. The summed E-state index contributed by atoms with van der Waals surface area (Å²) >= 11 is 0. The highest BCUT2D eigenvalue weighted by Gasteiger charge is 2.18. The molecule has 0 saturated heterocycles. The number of fused-ring (bicyclic) bond motifs is 2. The van der Waals surface area contributed by atoms with Gasteiger partial charge in [0, 0.05) is 40.0 Å². The largest absolute Gasteiger partial charge is 0.358 e. The van der Waals surface area contributed by atoms with Crippen LogP contribution in [0.15, 0.2) is 85.6 Å². The van der Waals surface area contributed by atoms with Crippen LogP contribution in [0.2, 0.25) is 0 Å². The Morgan fingerprint density at radius 1 is 0.891 bits per heavy atom. The molecule has 0 unspecified atom stereocenters. The Labute approximate surface area is 269 Å². The Balaban J connectivity index is 1.19. The third-order valence-electron chi connectivity index (χ3n) is 9.18. The summed E-state index contributed by atoms with van der Waals surface area (Å²) in [5, 5.41) is 13.4. The maximum absolute atomic E-state index is 14.8. The van der Waals surface area contributed by atoms with Crippen LogP contribution in [0.3, 0.4) is 0 Å². The van der Waals surface area contributed by atoms with Crippen LogP contribution in [-0.4, -0.2) is 50.7 Å². The highest BCUT2D eigenvalue weighted by molar-refractivity contribution is 6.01. The molecule has 4 aromatic heterocycles. The van der Waals surface area contributed by atoms with Gasteiger partial charge in [-0.05, 0) is 105 Å². The molecule has 4 heterocycles. The van der Waals surface area contributed by atoms with Gasteiger partial charge in [-0.2, -0.15) is 5.10 Å². The predicted molar refractivity (Wildman–Crippen MR) is 186 cm³/mol. The van der Waals surface area contributed by atoms with E-state index in [0.29, 0.717) is 5.92 Å². The minimum atomic E-state index is -0.233. The van der Waals surface area contributed by atoms with E-state index >= 15 is 0 Å². The van der Waals surface area contributed by atoms with Gasteiger partial charge in [-0.3, -0.25) is 15.1 Å². The fourth-order valence-corrected chi connectivity index (χ4v) is 6.76. The molecule has 0 amide bonds. The predicted octanol–water partition coefficient (Wildman–Crippen LogP) is 8.97. The van der Waals surface area contributed by atoms with Gasteiger partial charge in [-0.1, -0.05) is 38.0 Å². The molecule has 0 atom stereocenters. The minimum absolute atomic E-state index is 0.233. The van der Waals surface area contributed by atoms with Crippen LogP contribution in [0.25, 0.3) is 55.4 Å². The molecule has 8 heteroatoms. The molecule has 1 fully saturated rings. The van der Waals surface area contributed by atoms with E-state index in [1.165, 1.54) is 32.1 Å². The summed E-state index contributed by atoms with van der Waals surface area (Å²) in [5.74, 6) is 0.285. The van der Waals surface area contributed by atoms with E-state index in [0.717, 1.165) is 91.8 Å². The van der Waals surface area contributed by atoms with Gasteiger partial charge in [0.15, 0.2) is 0 Å².